The Balaban J connectivity index is 1.45. The van der Waals surface area contributed by atoms with Crippen LogP contribution in [-0.2, 0) is 12.3 Å². The molecule has 7 heteroatoms. The molecule has 3 aromatic carbocycles. The number of fused-ring (bicyclic) bond motifs is 1. The quantitative estimate of drug-likeness (QED) is 0.414. The molecular formula is C24H20ClN3O2S. The van der Waals surface area contributed by atoms with E-state index in [1.54, 1.807) is 48.0 Å². The molecule has 0 radical (unpaired) electrons. The molecule has 1 amide bonds. The molecule has 31 heavy (non-hydrogen) atoms. The fourth-order valence-corrected chi connectivity index (χ4v) is 4.19. The lowest BCUT2D eigenvalue weighted by atomic mass is 10.1. The first kappa shape index (κ1) is 21.2. The van der Waals surface area contributed by atoms with E-state index >= 15 is 0 Å². The zero-order chi connectivity index (χ0) is 21.8. The number of nitrogens with one attached hydrogen (secondary N) is 1. The topological polar surface area (TPSA) is 66.1 Å². The van der Waals surface area contributed by atoms with Gasteiger partial charge in [-0.3, -0.25) is 9.59 Å². The molecule has 0 atom stereocenters. The summed E-state index contributed by atoms with van der Waals surface area (Å²) in [5.41, 5.74) is 2.06. The molecule has 0 aliphatic carbocycles. The van der Waals surface area contributed by atoms with Crippen LogP contribution in [-0.4, -0.2) is 27.8 Å². The van der Waals surface area contributed by atoms with Gasteiger partial charge in [-0.1, -0.05) is 35.9 Å². The van der Waals surface area contributed by atoms with Crippen molar-refractivity contribution in [2.45, 2.75) is 17.2 Å². The first-order chi connectivity index (χ1) is 15.0. The maximum atomic E-state index is 12.9. The minimum absolute atomic E-state index is 0.130. The Kier molecular flexibility index (Phi) is 6.39. The Bertz CT molecular complexity index is 1290. The van der Waals surface area contributed by atoms with Crippen molar-refractivity contribution in [3.63, 3.8) is 0 Å². The number of para-hydroxylation sites is 1. The van der Waals surface area contributed by atoms with E-state index in [-0.39, 0.29) is 18.0 Å². The fourth-order valence-electron chi connectivity index (χ4n) is 3.22. The standard InChI is InChI=1S/C24H20ClN3O2S/c1-28(14-22-26-21-8-3-2-7-20(21)23(29)27-22)24(30)17-6-4-5-16(13-17)15-31-19-11-9-18(25)10-12-19/h2-13H,14-15H2,1H3,(H,26,27,29). The number of carbonyl (C=O) groups is 1. The monoisotopic (exact) mass is 449 g/mol. The van der Waals surface area contributed by atoms with Gasteiger partial charge in [0.15, 0.2) is 0 Å². The number of aromatic amines is 1. The molecule has 0 aliphatic rings. The Morgan fingerprint density at radius 3 is 2.65 bits per heavy atom. The van der Waals surface area contributed by atoms with Crippen molar-refractivity contribution in [1.29, 1.82) is 0 Å². The van der Waals surface area contributed by atoms with Gasteiger partial charge >= 0.3 is 0 Å². The summed E-state index contributed by atoms with van der Waals surface area (Å²) < 4.78 is 0. The smallest absolute Gasteiger partial charge is 0.258 e. The SMILES string of the molecule is CN(Cc1nc2ccccc2c(=O)[nH]1)C(=O)c1cccc(CSc2ccc(Cl)cc2)c1. The number of hydrogen-bond donors (Lipinski definition) is 1. The highest BCUT2D eigenvalue weighted by atomic mass is 35.5. The van der Waals surface area contributed by atoms with Crippen LogP contribution in [0.4, 0.5) is 0 Å². The van der Waals surface area contributed by atoms with E-state index in [0.29, 0.717) is 27.3 Å². The van der Waals surface area contributed by atoms with Gasteiger partial charge in [-0.2, -0.15) is 0 Å². The second-order valence-corrected chi connectivity index (χ2v) is 8.62. The van der Waals surface area contributed by atoms with Gasteiger partial charge in [0.05, 0.1) is 17.4 Å². The van der Waals surface area contributed by atoms with E-state index in [0.717, 1.165) is 16.2 Å². The summed E-state index contributed by atoms with van der Waals surface area (Å²) in [5, 5.41) is 1.24. The van der Waals surface area contributed by atoms with Crippen LogP contribution in [0.5, 0.6) is 0 Å². The number of carbonyl (C=O) groups excluding carboxylic acids is 1. The molecule has 5 nitrogen and oxygen atoms in total. The Morgan fingerprint density at radius 2 is 1.84 bits per heavy atom. The lowest BCUT2D eigenvalue weighted by molar-refractivity contribution is 0.0781. The number of hydrogen-bond acceptors (Lipinski definition) is 4. The van der Waals surface area contributed by atoms with Crippen molar-refractivity contribution in [1.82, 2.24) is 14.9 Å². The largest absolute Gasteiger partial charge is 0.334 e. The van der Waals surface area contributed by atoms with Gasteiger partial charge in [0.25, 0.3) is 11.5 Å². The fraction of sp³-hybridized carbons (Fsp3) is 0.125. The second kappa shape index (κ2) is 9.37. The Labute approximate surface area is 189 Å². The molecule has 0 bridgehead atoms. The minimum Gasteiger partial charge on any atom is -0.334 e. The number of aromatic nitrogens is 2. The maximum Gasteiger partial charge on any atom is 0.258 e. The number of amides is 1. The van der Waals surface area contributed by atoms with Crippen LogP contribution in [0, 0.1) is 0 Å². The van der Waals surface area contributed by atoms with Crippen molar-refractivity contribution in [2.24, 2.45) is 0 Å². The molecule has 0 saturated heterocycles. The normalized spacial score (nSPS) is 10.9. The average Bonchev–Trinajstić information content (AvgIpc) is 2.78. The van der Waals surface area contributed by atoms with Gasteiger partial charge < -0.3 is 9.88 Å². The summed E-state index contributed by atoms with van der Waals surface area (Å²) in [6.45, 7) is 0.211. The molecular weight excluding hydrogens is 430 g/mol. The van der Waals surface area contributed by atoms with E-state index in [4.69, 9.17) is 11.6 Å². The van der Waals surface area contributed by atoms with Crippen molar-refractivity contribution >= 4 is 40.2 Å². The number of halogens is 1. The van der Waals surface area contributed by atoms with Gasteiger partial charge in [0.2, 0.25) is 0 Å². The lowest BCUT2D eigenvalue weighted by Crippen LogP contribution is -2.28. The van der Waals surface area contributed by atoms with Gasteiger partial charge in [0.1, 0.15) is 5.82 Å². The van der Waals surface area contributed by atoms with Gasteiger partial charge in [-0.15, -0.1) is 11.8 Å². The van der Waals surface area contributed by atoms with E-state index in [1.165, 1.54) is 0 Å². The third-order valence-electron chi connectivity index (χ3n) is 4.79. The summed E-state index contributed by atoms with van der Waals surface area (Å²) in [6, 6.07) is 22.4. The zero-order valence-corrected chi connectivity index (χ0v) is 18.4. The molecule has 0 saturated carbocycles. The van der Waals surface area contributed by atoms with E-state index in [2.05, 4.69) is 9.97 Å². The molecule has 1 heterocycles. The van der Waals surface area contributed by atoms with Crippen molar-refractivity contribution < 1.29 is 4.79 Å². The number of rotatable bonds is 6. The number of thioether (sulfide) groups is 1. The second-order valence-electron chi connectivity index (χ2n) is 7.13. The van der Waals surface area contributed by atoms with Crippen LogP contribution in [0.2, 0.25) is 5.02 Å². The van der Waals surface area contributed by atoms with Crippen molar-refractivity contribution in [3.05, 3.63) is 105 Å². The lowest BCUT2D eigenvalue weighted by Gasteiger charge is -2.17. The molecule has 4 aromatic rings. The molecule has 4 rings (SSSR count). The van der Waals surface area contributed by atoms with Crippen molar-refractivity contribution in [3.8, 4) is 0 Å². The highest BCUT2D eigenvalue weighted by Gasteiger charge is 2.14. The minimum atomic E-state index is -0.206. The zero-order valence-electron chi connectivity index (χ0n) is 16.8. The van der Waals surface area contributed by atoms with Crippen LogP contribution >= 0.6 is 23.4 Å². The van der Waals surface area contributed by atoms with E-state index < -0.39 is 0 Å². The molecule has 1 aromatic heterocycles. The van der Waals surface area contributed by atoms with Crippen LogP contribution < -0.4 is 5.56 Å². The van der Waals surface area contributed by atoms with Crippen LogP contribution in [0.1, 0.15) is 21.7 Å². The third-order valence-corrected chi connectivity index (χ3v) is 6.12. The number of nitrogens with zero attached hydrogens (tertiary/aromatic N) is 2. The van der Waals surface area contributed by atoms with Gasteiger partial charge in [-0.25, -0.2) is 4.98 Å². The van der Waals surface area contributed by atoms with E-state index in [1.807, 2.05) is 48.5 Å². The number of benzene rings is 3. The predicted octanol–water partition coefficient (Wildman–Crippen LogP) is 5.14. The summed E-state index contributed by atoms with van der Waals surface area (Å²) >= 11 is 7.62. The molecule has 0 unspecified atom stereocenters. The molecule has 0 aliphatic heterocycles. The van der Waals surface area contributed by atoms with Crippen molar-refractivity contribution in [2.75, 3.05) is 7.05 Å². The average molecular weight is 450 g/mol. The number of H-pyrrole nitrogens is 1. The van der Waals surface area contributed by atoms with Gasteiger partial charge in [0, 0.05) is 28.3 Å². The first-order valence-corrected chi connectivity index (χ1v) is 11.1. The third kappa shape index (κ3) is 5.16. The molecule has 1 N–H and O–H groups in total. The first-order valence-electron chi connectivity index (χ1n) is 9.70. The van der Waals surface area contributed by atoms with E-state index in [9.17, 15) is 9.59 Å². The molecule has 0 spiro atoms. The van der Waals surface area contributed by atoms with Crippen LogP contribution in [0.15, 0.2) is 82.5 Å². The summed E-state index contributed by atoms with van der Waals surface area (Å²) in [5.74, 6) is 1.06. The molecule has 156 valence electrons. The van der Waals surface area contributed by atoms with Crippen LogP contribution in [0.25, 0.3) is 10.9 Å². The highest BCUT2D eigenvalue weighted by Crippen LogP contribution is 2.24. The predicted molar refractivity (Wildman–Crippen MR) is 126 cm³/mol. The Morgan fingerprint density at radius 1 is 1.06 bits per heavy atom. The molecule has 0 fully saturated rings. The summed E-state index contributed by atoms with van der Waals surface area (Å²) in [6.07, 6.45) is 0. The Hall–Kier alpha value is -3.09. The summed E-state index contributed by atoms with van der Waals surface area (Å²) in [7, 11) is 1.70. The summed E-state index contributed by atoms with van der Waals surface area (Å²) in [4.78, 5) is 35.1. The van der Waals surface area contributed by atoms with Gasteiger partial charge in [-0.05, 0) is 54.1 Å². The van der Waals surface area contributed by atoms with Crippen LogP contribution in [0.3, 0.4) is 0 Å². The maximum absolute atomic E-state index is 12.9. The highest BCUT2D eigenvalue weighted by molar-refractivity contribution is 7.98.